The molecule has 2 fully saturated rings. The van der Waals surface area contributed by atoms with Gasteiger partial charge in [0.2, 0.25) is 5.91 Å². The quantitative estimate of drug-likeness (QED) is 0.752. The first kappa shape index (κ1) is 14.8. The van der Waals surface area contributed by atoms with Crippen LogP contribution < -0.4 is 11.1 Å². The lowest BCUT2D eigenvalue weighted by Gasteiger charge is -2.24. The van der Waals surface area contributed by atoms with Crippen LogP contribution in [0.3, 0.4) is 0 Å². The fraction of sp³-hybridized carbons (Fsp3) is 0.938. The van der Waals surface area contributed by atoms with Crippen LogP contribution in [0.25, 0.3) is 0 Å². The molecule has 1 amide bonds. The van der Waals surface area contributed by atoms with E-state index in [1.54, 1.807) is 0 Å². The molecule has 0 spiro atoms. The van der Waals surface area contributed by atoms with E-state index in [2.05, 4.69) is 5.32 Å². The summed E-state index contributed by atoms with van der Waals surface area (Å²) in [5.74, 6) is 1.49. The highest BCUT2D eigenvalue weighted by Crippen LogP contribution is 2.28. The van der Waals surface area contributed by atoms with E-state index >= 15 is 0 Å². The second kappa shape index (κ2) is 7.88. The zero-order valence-corrected chi connectivity index (χ0v) is 12.2. The van der Waals surface area contributed by atoms with Crippen LogP contribution in [0.1, 0.15) is 70.6 Å². The van der Waals surface area contributed by atoms with E-state index in [-0.39, 0.29) is 11.9 Å². The van der Waals surface area contributed by atoms with Gasteiger partial charge in [-0.05, 0) is 37.5 Å². The molecule has 3 nitrogen and oxygen atoms in total. The Labute approximate surface area is 117 Å². The number of nitrogens with two attached hydrogens (primary N) is 1. The van der Waals surface area contributed by atoms with Crippen molar-refractivity contribution in [2.45, 2.75) is 76.7 Å². The van der Waals surface area contributed by atoms with Crippen LogP contribution in [-0.4, -0.2) is 18.5 Å². The summed E-state index contributed by atoms with van der Waals surface area (Å²) >= 11 is 0. The molecule has 0 saturated heterocycles. The van der Waals surface area contributed by atoms with E-state index < -0.39 is 0 Å². The summed E-state index contributed by atoms with van der Waals surface area (Å²) in [5, 5.41) is 3.21. The molecule has 0 aromatic heterocycles. The number of hydrogen-bond donors (Lipinski definition) is 2. The van der Waals surface area contributed by atoms with Crippen molar-refractivity contribution in [1.29, 1.82) is 0 Å². The van der Waals surface area contributed by atoms with Gasteiger partial charge in [0.1, 0.15) is 0 Å². The van der Waals surface area contributed by atoms with Crippen molar-refractivity contribution in [3.63, 3.8) is 0 Å². The summed E-state index contributed by atoms with van der Waals surface area (Å²) in [4.78, 5) is 12.2. The number of rotatable bonds is 5. The topological polar surface area (TPSA) is 55.1 Å². The summed E-state index contributed by atoms with van der Waals surface area (Å²) in [6.07, 6.45) is 13.6. The minimum absolute atomic E-state index is 0.223. The lowest BCUT2D eigenvalue weighted by Crippen LogP contribution is -2.45. The summed E-state index contributed by atoms with van der Waals surface area (Å²) in [7, 11) is 0. The molecular weight excluding hydrogens is 236 g/mol. The first-order valence-corrected chi connectivity index (χ1v) is 8.29. The van der Waals surface area contributed by atoms with Crippen LogP contribution in [0.4, 0.5) is 0 Å². The molecule has 110 valence electrons. The first-order chi connectivity index (χ1) is 9.29. The van der Waals surface area contributed by atoms with Crippen molar-refractivity contribution in [1.82, 2.24) is 5.32 Å². The molecule has 2 aliphatic rings. The number of carbonyl (C=O) groups excluding carboxylic acids is 1. The molecule has 0 aromatic carbocycles. The van der Waals surface area contributed by atoms with Crippen molar-refractivity contribution in [3.8, 4) is 0 Å². The van der Waals surface area contributed by atoms with Crippen LogP contribution in [0.15, 0.2) is 0 Å². The van der Waals surface area contributed by atoms with E-state index in [0.717, 1.165) is 6.42 Å². The van der Waals surface area contributed by atoms with Gasteiger partial charge in [-0.1, -0.05) is 38.5 Å². The Kier molecular flexibility index (Phi) is 6.15. The molecule has 3 N–H and O–H groups in total. The van der Waals surface area contributed by atoms with Crippen LogP contribution in [0.2, 0.25) is 0 Å². The average Bonchev–Trinajstić information content (AvgIpc) is 2.82. The van der Waals surface area contributed by atoms with Gasteiger partial charge in [0, 0.05) is 19.0 Å². The second-order valence-corrected chi connectivity index (χ2v) is 6.52. The van der Waals surface area contributed by atoms with Crippen molar-refractivity contribution in [3.05, 3.63) is 0 Å². The van der Waals surface area contributed by atoms with Crippen LogP contribution in [0.5, 0.6) is 0 Å². The number of hydrogen-bond acceptors (Lipinski definition) is 2. The van der Waals surface area contributed by atoms with E-state index in [0.29, 0.717) is 18.4 Å². The highest BCUT2D eigenvalue weighted by molar-refractivity contribution is 5.76. The maximum atomic E-state index is 12.2. The van der Waals surface area contributed by atoms with Crippen LogP contribution in [0, 0.1) is 11.8 Å². The Hall–Kier alpha value is -0.570. The van der Waals surface area contributed by atoms with Gasteiger partial charge in [-0.2, -0.15) is 0 Å². The molecule has 1 atom stereocenters. The van der Waals surface area contributed by atoms with Crippen molar-refractivity contribution >= 4 is 5.91 Å². The molecule has 2 aliphatic carbocycles. The van der Waals surface area contributed by atoms with E-state index in [1.807, 2.05) is 0 Å². The first-order valence-electron chi connectivity index (χ1n) is 8.29. The molecule has 0 bridgehead atoms. The Morgan fingerprint density at radius 2 is 1.58 bits per heavy atom. The van der Waals surface area contributed by atoms with Gasteiger partial charge < -0.3 is 11.1 Å². The standard InChI is InChI=1S/C16H30N2O/c17-12-15(14-9-5-6-10-14)18-16(19)11-13-7-3-1-2-4-8-13/h13-15H,1-12,17H2,(H,18,19). The van der Waals surface area contributed by atoms with E-state index in [4.69, 9.17) is 5.73 Å². The number of amides is 1. The maximum Gasteiger partial charge on any atom is 0.220 e. The Bertz CT molecular complexity index is 266. The summed E-state index contributed by atoms with van der Waals surface area (Å²) < 4.78 is 0. The van der Waals surface area contributed by atoms with Gasteiger partial charge in [-0.15, -0.1) is 0 Å². The van der Waals surface area contributed by atoms with Gasteiger partial charge in [-0.3, -0.25) is 4.79 Å². The lowest BCUT2D eigenvalue weighted by molar-refractivity contribution is -0.123. The van der Waals surface area contributed by atoms with Gasteiger partial charge in [0.25, 0.3) is 0 Å². The maximum absolute atomic E-state index is 12.2. The Morgan fingerprint density at radius 1 is 1.00 bits per heavy atom. The largest absolute Gasteiger partial charge is 0.352 e. The predicted octanol–water partition coefficient (Wildman–Crippen LogP) is 2.98. The summed E-state index contributed by atoms with van der Waals surface area (Å²) in [6, 6.07) is 0.223. The Balaban J connectivity index is 1.75. The molecule has 0 radical (unpaired) electrons. The van der Waals surface area contributed by atoms with Crippen LogP contribution in [-0.2, 0) is 4.79 Å². The lowest BCUT2D eigenvalue weighted by atomic mass is 9.94. The molecule has 3 heteroatoms. The third kappa shape index (κ3) is 4.79. The smallest absolute Gasteiger partial charge is 0.220 e. The fourth-order valence-electron chi connectivity index (χ4n) is 3.82. The zero-order chi connectivity index (χ0) is 13.5. The van der Waals surface area contributed by atoms with E-state index in [1.165, 1.54) is 64.2 Å². The van der Waals surface area contributed by atoms with Gasteiger partial charge in [0.05, 0.1) is 0 Å². The zero-order valence-electron chi connectivity index (χ0n) is 12.2. The third-order valence-electron chi connectivity index (χ3n) is 5.02. The van der Waals surface area contributed by atoms with Gasteiger partial charge in [0.15, 0.2) is 0 Å². The monoisotopic (exact) mass is 266 g/mol. The number of carbonyl (C=O) groups is 1. The highest BCUT2D eigenvalue weighted by atomic mass is 16.1. The molecule has 0 heterocycles. The molecule has 19 heavy (non-hydrogen) atoms. The molecule has 0 aromatic rings. The minimum atomic E-state index is 0.223. The van der Waals surface area contributed by atoms with E-state index in [9.17, 15) is 4.79 Å². The van der Waals surface area contributed by atoms with Gasteiger partial charge >= 0.3 is 0 Å². The average molecular weight is 266 g/mol. The van der Waals surface area contributed by atoms with Crippen molar-refractivity contribution < 1.29 is 4.79 Å². The minimum Gasteiger partial charge on any atom is -0.352 e. The van der Waals surface area contributed by atoms with Gasteiger partial charge in [-0.25, -0.2) is 0 Å². The molecular formula is C16H30N2O. The normalized spacial score (nSPS) is 24.1. The SMILES string of the molecule is NCC(NC(=O)CC1CCCCCC1)C1CCCC1. The summed E-state index contributed by atoms with van der Waals surface area (Å²) in [6.45, 7) is 0.598. The highest BCUT2D eigenvalue weighted by Gasteiger charge is 2.26. The third-order valence-corrected chi connectivity index (χ3v) is 5.02. The van der Waals surface area contributed by atoms with Crippen molar-refractivity contribution in [2.75, 3.05) is 6.54 Å². The summed E-state index contributed by atoms with van der Waals surface area (Å²) in [5.41, 5.74) is 5.84. The van der Waals surface area contributed by atoms with Crippen LogP contribution >= 0.6 is 0 Å². The van der Waals surface area contributed by atoms with Crippen molar-refractivity contribution in [2.24, 2.45) is 17.6 Å². The molecule has 2 saturated carbocycles. The Morgan fingerprint density at radius 3 is 2.16 bits per heavy atom. The molecule has 1 unspecified atom stereocenters. The molecule has 0 aliphatic heterocycles. The molecule has 2 rings (SSSR count). The predicted molar refractivity (Wildman–Crippen MR) is 78.8 cm³/mol. The fourth-order valence-corrected chi connectivity index (χ4v) is 3.82. The number of nitrogens with one attached hydrogen (secondary N) is 1. The second-order valence-electron chi connectivity index (χ2n) is 6.52.